The summed E-state index contributed by atoms with van der Waals surface area (Å²) in [5.74, 6) is -2.66. The molecular formula is C22H23ClF2N2O4. The average molecular weight is 453 g/mol. The minimum Gasteiger partial charge on any atom is -0.486 e. The highest BCUT2D eigenvalue weighted by Gasteiger charge is 2.27. The Balaban J connectivity index is 1.61. The van der Waals surface area contributed by atoms with Crippen molar-refractivity contribution in [2.24, 2.45) is 5.92 Å². The van der Waals surface area contributed by atoms with Gasteiger partial charge in [-0.2, -0.15) is 0 Å². The van der Waals surface area contributed by atoms with Crippen LogP contribution in [0.15, 0.2) is 30.3 Å². The molecule has 1 atom stereocenters. The van der Waals surface area contributed by atoms with E-state index in [1.165, 1.54) is 0 Å². The van der Waals surface area contributed by atoms with Gasteiger partial charge in [-0.25, -0.2) is 8.78 Å². The molecule has 0 saturated carbocycles. The lowest BCUT2D eigenvalue weighted by Crippen LogP contribution is -2.50. The van der Waals surface area contributed by atoms with Gasteiger partial charge in [0.2, 0.25) is 5.91 Å². The summed E-state index contributed by atoms with van der Waals surface area (Å²) in [5.41, 5.74) is 0.125. The van der Waals surface area contributed by atoms with Crippen molar-refractivity contribution < 1.29 is 27.8 Å². The fourth-order valence-corrected chi connectivity index (χ4v) is 3.50. The molecule has 0 aromatic heterocycles. The van der Waals surface area contributed by atoms with E-state index in [1.807, 2.05) is 0 Å². The van der Waals surface area contributed by atoms with Crippen LogP contribution in [-0.4, -0.2) is 37.6 Å². The van der Waals surface area contributed by atoms with E-state index >= 15 is 0 Å². The second-order valence-corrected chi connectivity index (χ2v) is 7.84. The third-order valence-corrected chi connectivity index (χ3v) is 5.08. The molecule has 0 spiro atoms. The van der Waals surface area contributed by atoms with Crippen LogP contribution in [0.3, 0.4) is 0 Å². The first-order valence-electron chi connectivity index (χ1n) is 9.88. The topological polar surface area (TPSA) is 76.7 Å². The lowest BCUT2D eigenvalue weighted by atomic mass is 10.0. The van der Waals surface area contributed by atoms with E-state index in [2.05, 4.69) is 10.6 Å². The maximum atomic E-state index is 13.9. The first kappa shape index (κ1) is 22.8. The molecule has 3 rings (SSSR count). The van der Waals surface area contributed by atoms with E-state index in [0.717, 1.165) is 23.8 Å². The van der Waals surface area contributed by atoms with Crippen LogP contribution in [0.5, 0.6) is 11.5 Å². The van der Waals surface area contributed by atoms with E-state index in [0.29, 0.717) is 36.2 Å². The van der Waals surface area contributed by atoms with Crippen LogP contribution in [0, 0.1) is 17.6 Å². The molecule has 1 aliphatic rings. The summed E-state index contributed by atoms with van der Waals surface area (Å²) in [6.07, 6.45) is 0.461. The van der Waals surface area contributed by atoms with Gasteiger partial charge < -0.3 is 20.1 Å². The predicted molar refractivity (Wildman–Crippen MR) is 112 cm³/mol. The quantitative estimate of drug-likeness (QED) is 0.674. The summed E-state index contributed by atoms with van der Waals surface area (Å²) in [5, 5.41) is 5.59. The molecule has 0 unspecified atom stereocenters. The number of ether oxygens (including phenoxy) is 2. The summed E-state index contributed by atoms with van der Waals surface area (Å²) in [4.78, 5) is 25.0. The number of hydrogen-bond donors (Lipinski definition) is 2. The molecule has 0 bridgehead atoms. The molecule has 0 fully saturated rings. The zero-order valence-electron chi connectivity index (χ0n) is 17.1. The average Bonchev–Trinajstić information content (AvgIpc) is 2.71. The number of benzene rings is 2. The number of nitrogens with one attached hydrogen (secondary N) is 2. The van der Waals surface area contributed by atoms with Gasteiger partial charge in [-0.1, -0.05) is 31.5 Å². The summed E-state index contributed by atoms with van der Waals surface area (Å²) in [7, 11) is 0. The molecular weight excluding hydrogens is 430 g/mol. The van der Waals surface area contributed by atoms with Gasteiger partial charge in [-0.05, 0) is 42.2 Å². The molecule has 2 N–H and O–H groups in total. The first-order valence-corrected chi connectivity index (χ1v) is 10.3. The Bertz CT molecular complexity index is 964. The minimum atomic E-state index is -0.990. The lowest BCUT2D eigenvalue weighted by Gasteiger charge is -2.22. The molecule has 0 radical (unpaired) electrons. The smallest absolute Gasteiger partial charge is 0.257 e. The molecule has 166 valence electrons. The van der Waals surface area contributed by atoms with Crippen LogP contribution in [0.1, 0.15) is 29.8 Å². The van der Waals surface area contributed by atoms with Crippen LogP contribution in [0.4, 0.5) is 8.78 Å². The normalized spacial score (nSPS) is 13.6. The van der Waals surface area contributed by atoms with Crippen molar-refractivity contribution in [2.45, 2.75) is 26.3 Å². The monoisotopic (exact) mass is 452 g/mol. The number of fused-ring (bicyclic) bond motifs is 1. The maximum absolute atomic E-state index is 13.9. The summed E-state index contributed by atoms with van der Waals surface area (Å²) >= 11 is 6.22. The number of rotatable bonds is 7. The van der Waals surface area contributed by atoms with Crippen molar-refractivity contribution in [2.75, 3.05) is 19.8 Å². The number of carbonyl (C=O) groups is 2. The predicted octanol–water partition coefficient (Wildman–Crippen LogP) is 3.50. The summed E-state index contributed by atoms with van der Waals surface area (Å²) < 4.78 is 38.8. The molecule has 1 heterocycles. The minimum absolute atomic E-state index is 0.266. The van der Waals surface area contributed by atoms with Gasteiger partial charge in [0.05, 0.1) is 5.02 Å². The standard InChI is InChI=1S/C22H23ClF2N2O4/c1-12(2)19(27-21(28)18-15(24)4-3-5-16(18)25)22(29)26-7-6-13-10-14(23)20-17(11-13)30-8-9-31-20/h3-5,10-12,19H,6-9H2,1-2H3,(H,26,29)(H,27,28)/t19-/m0/s1. The Morgan fingerprint density at radius 2 is 1.81 bits per heavy atom. The Morgan fingerprint density at radius 1 is 1.13 bits per heavy atom. The van der Waals surface area contributed by atoms with Gasteiger partial charge in [0.15, 0.2) is 11.5 Å². The van der Waals surface area contributed by atoms with Crippen LogP contribution in [0.2, 0.25) is 5.02 Å². The number of halogens is 3. The summed E-state index contributed by atoms with van der Waals surface area (Å²) in [6.45, 7) is 4.58. The molecule has 1 aliphatic heterocycles. The molecule has 31 heavy (non-hydrogen) atoms. The van der Waals surface area contributed by atoms with Crippen molar-refractivity contribution in [1.82, 2.24) is 10.6 Å². The van der Waals surface area contributed by atoms with Gasteiger partial charge in [0.25, 0.3) is 5.91 Å². The molecule has 9 heteroatoms. The van der Waals surface area contributed by atoms with Crippen LogP contribution < -0.4 is 20.1 Å². The number of amides is 2. The third-order valence-electron chi connectivity index (χ3n) is 4.80. The second-order valence-electron chi connectivity index (χ2n) is 7.43. The van der Waals surface area contributed by atoms with Crippen molar-refractivity contribution in [1.29, 1.82) is 0 Å². The molecule has 2 amide bonds. The molecule has 0 saturated heterocycles. The maximum Gasteiger partial charge on any atom is 0.257 e. The van der Waals surface area contributed by atoms with Crippen molar-refractivity contribution in [3.05, 3.63) is 58.1 Å². The van der Waals surface area contributed by atoms with E-state index in [9.17, 15) is 18.4 Å². The van der Waals surface area contributed by atoms with E-state index in [-0.39, 0.29) is 12.5 Å². The van der Waals surface area contributed by atoms with E-state index in [1.54, 1.807) is 26.0 Å². The van der Waals surface area contributed by atoms with E-state index in [4.69, 9.17) is 21.1 Å². The molecule has 2 aromatic carbocycles. The largest absolute Gasteiger partial charge is 0.486 e. The SMILES string of the molecule is CC(C)[C@H](NC(=O)c1c(F)cccc1F)C(=O)NCCc1cc(Cl)c2c(c1)OCCO2. The van der Waals surface area contributed by atoms with Crippen LogP contribution >= 0.6 is 11.6 Å². The Morgan fingerprint density at radius 3 is 2.48 bits per heavy atom. The zero-order valence-corrected chi connectivity index (χ0v) is 17.9. The van der Waals surface area contributed by atoms with Crippen molar-refractivity contribution in [3.63, 3.8) is 0 Å². The highest BCUT2D eigenvalue weighted by molar-refractivity contribution is 6.32. The van der Waals surface area contributed by atoms with Crippen molar-refractivity contribution in [3.8, 4) is 11.5 Å². The van der Waals surface area contributed by atoms with Gasteiger partial charge in [0, 0.05) is 6.54 Å². The Labute approximate surface area is 183 Å². The van der Waals surface area contributed by atoms with E-state index < -0.39 is 35.1 Å². The van der Waals surface area contributed by atoms with Crippen LogP contribution in [0.25, 0.3) is 0 Å². The highest BCUT2D eigenvalue weighted by atomic mass is 35.5. The molecule has 0 aliphatic carbocycles. The number of carbonyl (C=O) groups excluding carboxylic acids is 2. The van der Waals surface area contributed by atoms with Gasteiger partial charge in [0.1, 0.15) is 36.5 Å². The third kappa shape index (κ3) is 5.44. The van der Waals surface area contributed by atoms with Gasteiger partial charge >= 0.3 is 0 Å². The Hall–Kier alpha value is -2.87. The zero-order chi connectivity index (χ0) is 22.5. The van der Waals surface area contributed by atoms with Crippen molar-refractivity contribution >= 4 is 23.4 Å². The molecule has 2 aromatic rings. The van der Waals surface area contributed by atoms with Crippen LogP contribution in [-0.2, 0) is 11.2 Å². The first-order chi connectivity index (χ1) is 14.8. The number of hydrogen-bond acceptors (Lipinski definition) is 4. The Kier molecular flexibility index (Phi) is 7.33. The van der Waals surface area contributed by atoms with Gasteiger partial charge in [-0.3, -0.25) is 9.59 Å². The fraction of sp³-hybridized carbons (Fsp3) is 0.364. The summed E-state index contributed by atoms with van der Waals surface area (Å²) in [6, 6.07) is 5.72. The second kappa shape index (κ2) is 9.96. The highest BCUT2D eigenvalue weighted by Crippen LogP contribution is 2.38. The lowest BCUT2D eigenvalue weighted by molar-refractivity contribution is -0.123. The molecule has 6 nitrogen and oxygen atoms in total. The van der Waals surface area contributed by atoms with Gasteiger partial charge in [-0.15, -0.1) is 0 Å². The fourth-order valence-electron chi connectivity index (χ4n) is 3.21.